The van der Waals surface area contributed by atoms with Crippen molar-refractivity contribution in [1.29, 1.82) is 0 Å². The Bertz CT molecular complexity index is 466. The van der Waals surface area contributed by atoms with Crippen molar-refractivity contribution in [3.63, 3.8) is 0 Å². The molecule has 11 heteroatoms. The molecule has 0 saturated carbocycles. The van der Waals surface area contributed by atoms with Crippen LogP contribution in [-0.2, 0) is 24.4 Å². The lowest BCUT2D eigenvalue weighted by molar-refractivity contribution is -0.0688. The van der Waals surface area contributed by atoms with Crippen molar-refractivity contribution in [1.82, 2.24) is 4.47 Å². The standard InChI is InChI=1S/C6H10F3NO5S2/c1-3-4-5-16(11,12)10(2)15-17(13,14)6(7,8)9/h3H,1,4-5H2,2H3. The van der Waals surface area contributed by atoms with Crippen LogP contribution < -0.4 is 0 Å². The average Bonchev–Trinajstić information content (AvgIpc) is 2.12. The molecular weight excluding hydrogens is 287 g/mol. The third kappa shape index (κ3) is 4.61. The molecule has 0 aliphatic rings. The maximum atomic E-state index is 11.9. The van der Waals surface area contributed by atoms with E-state index in [1.54, 1.807) is 0 Å². The lowest BCUT2D eigenvalue weighted by atomic mass is 10.5. The summed E-state index contributed by atoms with van der Waals surface area (Å²) in [6.45, 7) is 3.21. The Kier molecular flexibility index (Phi) is 5.13. The lowest BCUT2D eigenvalue weighted by Crippen LogP contribution is -2.37. The summed E-state index contributed by atoms with van der Waals surface area (Å²) < 4.78 is 82.2. The highest BCUT2D eigenvalue weighted by Gasteiger charge is 2.49. The Balaban J connectivity index is 4.89. The average molecular weight is 297 g/mol. The van der Waals surface area contributed by atoms with Gasteiger partial charge in [-0.15, -0.1) is 6.58 Å². The molecule has 0 aromatic rings. The summed E-state index contributed by atoms with van der Waals surface area (Å²) in [6.07, 6.45) is 1.16. The van der Waals surface area contributed by atoms with Crippen molar-refractivity contribution < 1.29 is 34.3 Å². The van der Waals surface area contributed by atoms with Gasteiger partial charge >= 0.3 is 15.6 Å². The Morgan fingerprint density at radius 1 is 1.29 bits per heavy atom. The first-order valence-corrected chi connectivity index (χ1v) is 7.04. The molecule has 0 aromatic heterocycles. The molecule has 0 bridgehead atoms. The first-order valence-electron chi connectivity index (χ1n) is 4.02. The molecule has 0 unspecified atom stereocenters. The van der Waals surface area contributed by atoms with Gasteiger partial charge in [-0.05, 0) is 6.42 Å². The number of hydrogen-bond acceptors (Lipinski definition) is 5. The fourth-order valence-electron chi connectivity index (χ4n) is 0.588. The molecule has 0 N–H and O–H groups in total. The molecule has 17 heavy (non-hydrogen) atoms. The maximum Gasteiger partial charge on any atom is 0.524 e. The van der Waals surface area contributed by atoms with E-state index in [1.807, 2.05) is 0 Å². The summed E-state index contributed by atoms with van der Waals surface area (Å²) in [5.74, 6) is -0.611. The fourth-order valence-corrected chi connectivity index (χ4v) is 2.28. The van der Waals surface area contributed by atoms with Crippen LogP contribution in [0.1, 0.15) is 6.42 Å². The highest BCUT2D eigenvalue weighted by Crippen LogP contribution is 2.25. The number of sulfonamides is 1. The monoisotopic (exact) mass is 297 g/mol. The van der Waals surface area contributed by atoms with E-state index in [4.69, 9.17) is 0 Å². The first-order chi connectivity index (χ1) is 7.44. The van der Waals surface area contributed by atoms with Gasteiger partial charge < -0.3 is 0 Å². The van der Waals surface area contributed by atoms with Crippen LogP contribution in [0.5, 0.6) is 0 Å². The molecule has 0 atom stereocenters. The third-order valence-electron chi connectivity index (χ3n) is 1.46. The molecule has 0 fully saturated rings. The van der Waals surface area contributed by atoms with Gasteiger partial charge in [-0.2, -0.15) is 25.9 Å². The van der Waals surface area contributed by atoms with E-state index in [1.165, 1.54) is 6.08 Å². The Morgan fingerprint density at radius 3 is 2.12 bits per heavy atom. The molecule has 0 saturated heterocycles. The van der Waals surface area contributed by atoms with E-state index in [2.05, 4.69) is 10.9 Å². The van der Waals surface area contributed by atoms with E-state index in [-0.39, 0.29) is 10.9 Å². The quantitative estimate of drug-likeness (QED) is 0.407. The zero-order valence-electron chi connectivity index (χ0n) is 8.64. The van der Waals surface area contributed by atoms with E-state index in [0.717, 1.165) is 0 Å². The molecule has 0 heterocycles. The second-order valence-corrected chi connectivity index (χ2v) is 6.38. The maximum absolute atomic E-state index is 11.9. The number of nitrogens with zero attached hydrogens (tertiary/aromatic N) is 1. The molecule has 0 aliphatic heterocycles. The van der Waals surface area contributed by atoms with Crippen LogP contribution in [0.2, 0.25) is 0 Å². The van der Waals surface area contributed by atoms with Gasteiger partial charge in [-0.1, -0.05) is 10.5 Å². The highest BCUT2D eigenvalue weighted by molar-refractivity contribution is 7.90. The van der Waals surface area contributed by atoms with Crippen LogP contribution in [-0.4, -0.2) is 39.6 Å². The molecule has 0 rings (SSSR count). The van der Waals surface area contributed by atoms with Crippen molar-refractivity contribution in [3.8, 4) is 0 Å². The second-order valence-electron chi connectivity index (χ2n) is 2.78. The normalized spacial score (nSPS) is 13.9. The summed E-state index contributed by atoms with van der Waals surface area (Å²) in [4.78, 5) is 0. The van der Waals surface area contributed by atoms with Gasteiger partial charge in [0.1, 0.15) is 0 Å². The molecule has 0 amide bonds. The Hall–Kier alpha value is -0.650. The molecule has 0 aliphatic carbocycles. The molecule has 0 spiro atoms. The van der Waals surface area contributed by atoms with Gasteiger partial charge in [0.05, 0.1) is 5.75 Å². The molecule has 6 nitrogen and oxygen atoms in total. The highest BCUT2D eigenvalue weighted by atomic mass is 32.2. The number of rotatable bonds is 6. The van der Waals surface area contributed by atoms with Gasteiger partial charge in [-0.3, -0.25) is 0 Å². The number of hydroxylamine groups is 1. The minimum Gasteiger partial charge on any atom is -0.210 e. The summed E-state index contributed by atoms with van der Waals surface area (Å²) >= 11 is 0. The zero-order valence-corrected chi connectivity index (χ0v) is 10.3. The van der Waals surface area contributed by atoms with Crippen LogP contribution in [0.4, 0.5) is 13.2 Å². The van der Waals surface area contributed by atoms with Crippen molar-refractivity contribution in [3.05, 3.63) is 12.7 Å². The minimum absolute atomic E-state index is 0.0535. The van der Waals surface area contributed by atoms with E-state index >= 15 is 0 Å². The van der Waals surface area contributed by atoms with Crippen molar-refractivity contribution in [2.75, 3.05) is 12.8 Å². The number of hydrogen-bond donors (Lipinski definition) is 0. The van der Waals surface area contributed by atoms with Crippen molar-refractivity contribution >= 4 is 20.1 Å². The number of halogens is 3. The molecule has 0 radical (unpaired) electrons. The van der Waals surface area contributed by atoms with Crippen LogP contribution in [0, 0.1) is 0 Å². The summed E-state index contributed by atoms with van der Waals surface area (Å²) in [5.41, 5.74) is -5.69. The lowest BCUT2D eigenvalue weighted by Gasteiger charge is -2.16. The van der Waals surface area contributed by atoms with Gasteiger partial charge in [0.25, 0.3) is 0 Å². The van der Waals surface area contributed by atoms with Gasteiger partial charge in [0, 0.05) is 7.05 Å². The van der Waals surface area contributed by atoms with Gasteiger partial charge in [-0.25, -0.2) is 8.42 Å². The second kappa shape index (κ2) is 5.33. The SMILES string of the molecule is C=CCCS(=O)(=O)N(C)OS(=O)(=O)C(F)(F)F. The topological polar surface area (TPSA) is 80.8 Å². The minimum atomic E-state index is -5.98. The van der Waals surface area contributed by atoms with Crippen molar-refractivity contribution in [2.45, 2.75) is 11.9 Å². The first kappa shape index (κ1) is 16.4. The number of alkyl halides is 3. The summed E-state index contributed by atoms with van der Waals surface area (Å²) in [6, 6.07) is 0. The third-order valence-corrected chi connectivity index (χ3v) is 4.15. The van der Waals surface area contributed by atoms with Crippen LogP contribution in [0.25, 0.3) is 0 Å². The predicted octanol–water partition coefficient (Wildman–Crippen LogP) is 0.605. The van der Waals surface area contributed by atoms with E-state index < -0.39 is 31.4 Å². The fraction of sp³-hybridized carbons (Fsp3) is 0.667. The van der Waals surface area contributed by atoms with Crippen LogP contribution >= 0.6 is 0 Å². The molecular formula is C6H10F3NO5S2. The summed E-state index contributed by atoms with van der Waals surface area (Å²) in [5, 5.41) is 0. The van der Waals surface area contributed by atoms with Gasteiger partial charge in [0.15, 0.2) is 0 Å². The summed E-state index contributed by atoms with van der Waals surface area (Å²) in [7, 11) is -9.68. The molecule has 0 aromatic carbocycles. The van der Waals surface area contributed by atoms with Crippen LogP contribution in [0.15, 0.2) is 12.7 Å². The largest absolute Gasteiger partial charge is 0.524 e. The van der Waals surface area contributed by atoms with E-state index in [9.17, 15) is 30.0 Å². The van der Waals surface area contributed by atoms with E-state index in [0.29, 0.717) is 7.05 Å². The van der Waals surface area contributed by atoms with Gasteiger partial charge in [0.2, 0.25) is 10.0 Å². The Labute approximate surface area is 96.8 Å². The smallest absolute Gasteiger partial charge is 0.210 e. The number of allylic oxidation sites excluding steroid dienone is 1. The molecule has 102 valence electrons. The predicted molar refractivity (Wildman–Crippen MR) is 52.4 cm³/mol. The van der Waals surface area contributed by atoms with Crippen LogP contribution in [0.3, 0.4) is 0 Å². The van der Waals surface area contributed by atoms with Crippen molar-refractivity contribution in [2.24, 2.45) is 0 Å². The zero-order chi connectivity index (χ0) is 13.9. The Morgan fingerprint density at radius 2 is 1.76 bits per heavy atom.